The van der Waals surface area contributed by atoms with Crippen LogP contribution in [0.1, 0.15) is 73.7 Å². The number of carbonyl (C=O) groups excluding carboxylic acids is 1. The van der Waals surface area contributed by atoms with E-state index in [1.54, 1.807) is 12.1 Å². The normalized spacial score (nSPS) is 13.4. The quantitative estimate of drug-likeness (QED) is 0.270. The van der Waals surface area contributed by atoms with Crippen molar-refractivity contribution >= 4 is 5.78 Å². The van der Waals surface area contributed by atoms with E-state index in [9.17, 15) is 9.90 Å². The minimum absolute atomic E-state index is 0.0144. The van der Waals surface area contributed by atoms with Crippen molar-refractivity contribution in [3.05, 3.63) is 53.1 Å². The number of allylic oxidation sites excluding steroid dienone is 4. The first kappa shape index (κ1) is 24.3. The number of hydrogen-bond acceptors (Lipinski definition) is 5. The van der Waals surface area contributed by atoms with E-state index in [0.29, 0.717) is 11.1 Å². The third kappa shape index (κ3) is 9.70. The number of aliphatic hydroxyl groups excluding tert-OH is 1. The third-order valence-corrected chi connectivity index (χ3v) is 5.33. The molecule has 3 N–H and O–H groups in total. The van der Waals surface area contributed by atoms with Crippen LogP contribution in [-0.4, -0.2) is 42.3 Å². The Morgan fingerprint density at radius 3 is 2.60 bits per heavy atom. The average Bonchev–Trinajstić information content (AvgIpc) is 2.77. The standard InChI is InChI=1S/C25H37NO4/c27-20-23-18-22(13-14-24(23)28)25(29)19-26-15-7-1-2-8-16-30-17-9-6-12-21-10-4-3-5-11-21/h4,10-11,13-14,18,26-28H,1-3,5-9,12,15-17,19-20H2. The zero-order chi connectivity index (χ0) is 21.4. The fraction of sp³-hybridized carbons (Fsp3) is 0.560. The molecule has 0 atom stereocenters. The lowest BCUT2D eigenvalue weighted by Gasteiger charge is -2.08. The van der Waals surface area contributed by atoms with E-state index in [-0.39, 0.29) is 24.7 Å². The van der Waals surface area contributed by atoms with Crippen molar-refractivity contribution < 1.29 is 19.7 Å². The number of nitrogens with one attached hydrogen (secondary N) is 1. The SMILES string of the molecule is O=C(CNCCCCCCOCCCCC1=CCCC=C1)c1ccc(O)c(CO)c1. The van der Waals surface area contributed by atoms with Crippen LogP contribution in [0.4, 0.5) is 0 Å². The van der Waals surface area contributed by atoms with Gasteiger partial charge >= 0.3 is 0 Å². The van der Waals surface area contributed by atoms with Gasteiger partial charge in [-0.15, -0.1) is 0 Å². The van der Waals surface area contributed by atoms with Crippen LogP contribution in [0.3, 0.4) is 0 Å². The maximum atomic E-state index is 12.1. The summed E-state index contributed by atoms with van der Waals surface area (Å²) in [5, 5.41) is 21.9. The largest absolute Gasteiger partial charge is 0.508 e. The van der Waals surface area contributed by atoms with Gasteiger partial charge in [0.05, 0.1) is 13.2 Å². The van der Waals surface area contributed by atoms with Gasteiger partial charge in [-0.1, -0.05) is 36.6 Å². The molecule has 30 heavy (non-hydrogen) atoms. The average molecular weight is 416 g/mol. The highest BCUT2D eigenvalue weighted by molar-refractivity contribution is 5.97. The Labute approximate surface area is 180 Å². The molecule has 0 amide bonds. The summed E-state index contributed by atoms with van der Waals surface area (Å²) in [6.07, 6.45) is 17.2. The number of unbranched alkanes of at least 4 members (excludes halogenated alkanes) is 4. The van der Waals surface area contributed by atoms with Crippen molar-refractivity contribution in [1.29, 1.82) is 0 Å². The zero-order valence-corrected chi connectivity index (χ0v) is 18.1. The number of ketones is 1. The molecule has 5 nitrogen and oxygen atoms in total. The number of Topliss-reactive ketones (excluding diaryl/α,β-unsaturated/α-hetero) is 1. The molecule has 0 spiro atoms. The fourth-order valence-corrected chi connectivity index (χ4v) is 3.49. The molecule has 1 aliphatic carbocycles. The van der Waals surface area contributed by atoms with Gasteiger partial charge in [-0.05, 0) is 69.7 Å². The number of hydrogen-bond donors (Lipinski definition) is 3. The molecular formula is C25H37NO4. The second kappa shape index (κ2) is 14.9. The Kier molecular flexibility index (Phi) is 12.1. The molecule has 0 unspecified atom stereocenters. The molecule has 0 bridgehead atoms. The van der Waals surface area contributed by atoms with Crippen molar-refractivity contribution in [2.45, 2.75) is 64.4 Å². The topological polar surface area (TPSA) is 78.8 Å². The Morgan fingerprint density at radius 2 is 1.83 bits per heavy atom. The molecule has 1 aromatic rings. The Bertz CT molecular complexity index is 696. The number of carbonyl (C=O) groups is 1. The van der Waals surface area contributed by atoms with E-state index in [1.807, 2.05) is 0 Å². The predicted octanol–water partition coefficient (Wildman–Crippen LogP) is 4.68. The van der Waals surface area contributed by atoms with Crippen LogP contribution < -0.4 is 5.32 Å². The highest BCUT2D eigenvalue weighted by Gasteiger charge is 2.08. The maximum Gasteiger partial charge on any atom is 0.176 e. The summed E-state index contributed by atoms with van der Waals surface area (Å²) in [6, 6.07) is 4.58. The second-order valence-corrected chi connectivity index (χ2v) is 7.84. The first-order chi connectivity index (χ1) is 14.7. The van der Waals surface area contributed by atoms with Crippen LogP contribution in [0.5, 0.6) is 5.75 Å². The van der Waals surface area contributed by atoms with E-state index in [4.69, 9.17) is 9.84 Å². The van der Waals surface area contributed by atoms with Gasteiger partial charge in [0, 0.05) is 24.3 Å². The highest BCUT2D eigenvalue weighted by atomic mass is 16.5. The minimum Gasteiger partial charge on any atom is -0.508 e. The predicted molar refractivity (Wildman–Crippen MR) is 121 cm³/mol. The zero-order valence-electron chi connectivity index (χ0n) is 18.1. The van der Waals surface area contributed by atoms with Crippen molar-refractivity contribution in [2.24, 2.45) is 0 Å². The first-order valence-corrected chi connectivity index (χ1v) is 11.3. The van der Waals surface area contributed by atoms with Gasteiger partial charge in [-0.2, -0.15) is 0 Å². The number of phenols is 1. The second-order valence-electron chi connectivity index (χ2n) is 7.84. The lowest BCUT2D eigenvalue weighted by molar-refractivity contribution is 0.0991. The third-order valence-electron chi connectivity index (χ3n) is 5.33. The number of benzene rings is 1. The molecule has 0 heterocycles. The summed E-state index contributed by atoms with van der Waals surface area (Å²) in [5.74, 6) is -0.0191. The van der Waals surface area contributed by atoms with Crippen LogP contribution in [0.25, 0.3) is 0 Å². The molecule has 1 aromatic carbocycles. The Morgan fingerprint density at radius 1 is 1.03 bits per heavy atom. The van der Waals surface area contributed by atoms with Crippen molar-refractivity contribution in [3.8, 4) is 5.75 Å². The monoisotopic (exact) mass is 415 g/mol. The van der Waals surface area contributed by atoms with E-state index >= 15 is 0 Å². The van der Waals surface area contributed by atoms with E-state index < -0.39 is 0 Å². The Hall–Kier alpha value is -1.95. The molecule has 0 aliphatic heterocycles. The van der Waals surface area contributed by atoms with Crippen molar-refractivity contribution in [1.82, 2.24) is 5.32 Å². The molecule has 0 saturated heterocycles. The molecular weight excluding hydrogens is 378 g/mol. The van der Waals surface area contributed by atoms with E-state index in [1.165, 1.54) is 37.3 Å². The molecule has 0 aromatic heterocycles. The van der Waals surface area contributed by atoms with Gasteiger partial charge in [0.1, 0.15) is 5.75 Å². The fourth-order valence-electron chi connectivity index (χ4n) is 3.49. The van der Waals surface area contributed by atoms with Crippen LogP contribution in [0, 0.1) is 0 Å². The summed E-state index contributed by atoms with van der Waals surface area (Å²) in [4.78, 5) is 12.1. The maximum absolute atomic E-state index is 12.1. The summed E-state index contributed by atoms with van der Waals surface area (Å²) in [5.41, 5.74) is 2.37. The van der Waals surface area contributed by atoms with E-state index in [0.717, 1.165) is 51.9 Å². The van der Waals surface area contributed by atoms with Crippen molar-refractivity contribution in [2.75, 3.05) is 26.3 Å². The molecule has 1 aliphatic rings. The van der Waals surface area contributed by atoms with Crippen molar-refractivity contribution in [3.63, 3.8) is 0 Å². The molecule has 0 fully saturated rings. The molecule has 5 heteroatoms. The van der Waals surface area contributed by atoms with Gasteiger partial charge in [-0.25, -0.2) is 0 Å². The number of aliphatic hydroxyl groups is 1. The summed E-state index contributed by atoms with van der Waals surface area (Å²) < 4.78 is 5.73. The van der Waals surface area contributed by atoms with Crippen LogP contribution >= 0.6 is 0 Å². The van der Waals surface area contributed by atoms with Gasteiger partial charge in [-0.3, -0.25) is 4.79 Å². The van der Waals surface area contributed by atoms with Crippen LogP contribution in [0.2, 0.25) is 0 Å². The van der Waals surface area contributed by atoms with Gasteiger partial charge in [0.25, 0.3) is 0 Å². The molecule has 0 saturated carbocycles. The van der Waals surface area contributed by atoms with Gasteiger partial charge in [0.15, 0.2) is 5.78 Å². The van der Waals surface area contributed by atoms with Crippen LogP contribution in [-0.2, 0) is 11.3 Å². The number of ether oxygens (including phenoxy) is 1. The first-order valence-electron chi connectivity index (χ1n) is 11.3. The highest BCUT2D eigenvalue weighted by Crippen LogP contribution is 2.18. The Balaban J connectivity index is 1.38. The minimum atomic E-state index is -0.278. The smallest absolute Gasteiger partial charge is 0.176 e. The molecule has 2 rings (SSSR count). The summed E-state index contributed by atoms with van der Waals surface area (Å²) in [6.45, 7) is 2.49. The number of aromatic hydroxyl groups is 1. The van der Waals surface area contributed by atoms with Gasteiger partial charge < -0.3 is 20.3 Å². The van der Waals surface area contributed by atoms with Gasteiger partial charge in [0.2, 0.25) is 0 Å². The summed E-state index contributed by atoms with van der Waals surface area (Å²) >= 11 is 0. The lowest BCUT2D eigenvalue weighted by Crippen LogP contribution is -2.24. The van der Waals surface area contributed by atoms with Crippen LogP contribution in [0.15, 0.2) is 42.0 Å². The van der Waals surface area contributed by atoms with E-state index in [2.05, 4.69) is 23.5 Å². The molecule has 166 valence electrons. The summed E-state index contributed by atoms with van der Waals surface area (Å²) in [7, 11) is 0. The molecule has 0 radical (unpaired) electrons. The number of rotatable bonds is 16. The lowest BCUT2D eigenvalue weighted by atomic mass is 10.0.